The van der Waals surface area contributed by atoms with Crippen LogP contribution >= 0.6 is 11.3 Å². The number of rotatable bonds is 8. The average Bonchev–Trinajstić information content (AvgIpc) is 2.98. The third kappa shape index (κ3) is 7.15. The van der Waals surface area contributed by atoms with Crippen molar-refractivity contribution < 1.29 is 5.11 Å². The van der Waals surface area contributed by atoms with E-state index in [0.29, 0.717) is 0 Å². The van der Waals surface area contributed by atoms with Gasteiger partial charge in [0.1, 0.15) is 0 Å². The number of aliphatic hydroxyl groups excluding tert-OH is 1. The SMILES string of the molecule is CCNC(=NCCCN1CCC(O)CC1)NCCc1csc(C)n1. The van der Waals surface area contributed by atoms with Crippen LogP contribution in [0.2, 0.25) is 0 Å². The molecule has 1 aromatic heterocycles. The molecule has 1 aliphatic rings. The summed E-state index contributed by atoms with van der Waals surface area (Å²) in [5.74, 6) is 0.888. The standard InChI is InChI=1S/C17H31N5OS/c1-3-18-17(20-9-5-15-13-24-14(2)21-15)19-8-4-10-22-11-6-16(23)7-12-22/h13,16,23H,3-12H2,1-2H3,(H2,18,19,20). The minimum Gasteiger partial charge on any atom is -0.393 e. The average molecular weight is 354 g/mol. The van der Waals surface area contributed by atoms with Gasteiger partial charge < -0.3 is 20.6 Å². The van der Waals surface area contributed by atoms with E-state index in [1.54, 1.807) is 11.3 Å². The number of thiazole rings is 1. The first-order valence-electron chi connectivity index (χ1n) is 9.01. The predicted molar refractivity (Wildman–Crippen MR) is 101 cm³/mol. The molecule has 0 aliphatic carbocycles. The van der Waals surface area contributed by atoms with Crippen molar-refractivity contribution in [2.75, 3.05) is 39.3 Å². The maximum absolute atomic E-state index is 9.53. The van der Waals surface area contributed by atoms with Crippen LogP contribution in [0.4, 0.5) is 0 Å². The number of likely N-dealkylation sites (tertiary alicyclic amines) is 1. The fourth-order valence-electron chi connectivity index (χ4n) is 2.80. The van der Waals surface area contributed by atoms with E-state index in [1.165, 1.54) is 0 Å². The maximum Gasteiger partial charge on any atom is 0.191 e. The first-order valence-corrected chi connectivity index (χ1v) is 9.89. The van der Waals surface area contributed by atoms with E-state index in [-0.39, 0.29) is 6.10 Å². The maximum atomic E-state index is 9.53. The Labute approximate surface area is 149 Å². The molecule has 1 fully saturated rings. The van der Waals surface area contributed by atoms with E-state index in [2.05, 4.69) is 37.8 Å². The summed E-state index contributed by atoms with van der Waals surface area (Å²) in [5, 5.41) is 19.4. The summed E-state index contributed by atoms with van der Waals surface area (Å²) in [6.45, 7) is 9.74. The van der Waals surface area contributed by atoms with E-state index >= 15 is 0 Å². The second kappa shape index (κ2) is 10.6. The molecular formula is C17H31N5OS. The molecule has 24 heavy (non-hydrogen) atoms. The van der Waals surface area contributed by atoms with Gasteiger partial charge >= 0.3 is 0 Å². The van der Waals surface area contributed by atoms with Gasteiger partial charge in [-0.1, -0.05) is 0 Å². The Morgan fingerprint density at radius 2 is 2.21 bits per heavy atom. The van der Waals surface area contributed by atoms with Gasteiger partial charge in [0.2, 0.25) is 0 Å². The van der Waals surface area contributed by atoms with Gasteiger partial charge in [-0.25, -0.2) is 4.98 Å². The smallest absolute Gasteiger partial charge is 0.191 e. The van der Waals surface area contributed by atoms with E-state index in [0.717, 1.165) is 81.6 Å². The molecule has 0 amide bonds. The van der Waals surface area contributed by atoms with Crippen molar-refractivity contribution in [1.82, 2.24) is 20.5 Å². The molecule has 0 bridgehead atoms. The summed E-state index contributed by atoms with van der Waals surface area (Å²) in [5.41, 5.74) is 1.15. The number of guanidine groups is 1. The molecule has 0 aromatic carbocycles. The Hall–Kier alpha value is -1.18. The summed E-state index contributed by atoms with van der Waals surface area (Å²) in [6.07, 6.45) is 3.70. The van der Waals surface area contributed by atoms with Crippen LogP contribution in [0, 0.1) is 6.92 Å². The van der Waals surface area contributed by atoms with Crippen LogP contribution in [0.25, 0.3) is 0 Å². The molecule has 0 atom stereocenters. The minimum absolute atomic E-state index is 0.0923. The molecule has 0 saturated carbocycles. The van der Waals surface area contributed by atoms with Crippen molar-refractivity contribution in [2.45, 2.75) is 45.6 Å². The Balaban J connectivity index is 1.64. The topological polar surface area (TPSA) is 72.8 Å². The van der Waals surface area contributed by atoms with Crippen LogP contribution in [0.5, 0.6) is 0 Å². The highest BCUT2D eigenvalue weighted by Gasteiger charge is 2.15. The number of aryl methyl sites for hydroxylation is 1. The van der Waals surface area contributed by atoms with Crippen LogP contribution < -0.4 is 10.6 Å². The Morgan fingerprint density at radius 3 is 2.88 bits per heavy atom. The van der Waals surface area contributed by atoms with Crippen LogP contribution in [0.1, 0.15) is 36.9 Å². The third-order valence-corrected chi connectivity index (χ3v) is 4.97. The molecule has 0 unspecified atom stereocenters. The first kappa shape index (κ1) is 19.1. The highest BCUT2D eigenvalue weighted by atomic mass is 32.1. The number of nitrogens with one attached hydrogen (secondary N) is 2. The molecule has 2 rings (SSSR count). The lowest BCUT2D eigenvalue weighted by Gasteiger charge is -2.29. The van der Waals surface area contributed by atoms with Gasteiger partial charge in [0.15, 0.2) is 5.96 Å². The molecule has 1 aromatic rings. The molecule has 136 valence electrons. The summed E-state index contributed by atoms with van der Waals surface area (Å²) in [6, 6.07) is 0. The summed E-state index contributed by atoms with van der Waals surface area (Å²) >= 11 is 1.70. The number of hydrogen-bond acceptors (Lipinski definition) is 5. The zero-order valence-electron chi connectivity index (χ0n) is 14.9. The zero-order valence-corrected chi connectivity index (χ0v) is 15.7. The van der Waals surface area contributed by atoms with Crippen LogP contribution in [-0.4, -0.2) is 66.3 Å². The largest absolute Gasteiger partial charge is 0.393 e. The molecule has 6 nitrogen and oxygen atoms in total. The zero-order chi connectivity index (χ0) is 17.2. The summed E-state index contributed by atoms with van der Waals surface area (Å²) < 4.78 is 0. The van der Waals surface area contributed by atoms with Crippen LogP contribution in [0.3, 0.4) is 0 Å². The van der Waals surface area contributed by atoms with Gasteiger partial charge in [-0.05, 0) is 39.7 Å². The number of hydrogen-bond donors (Lipinski definition) is 3. The fourth-order valence-corrected chi connectivity index (χ4v) is 3.45. The van der Waals surface area contributed by atoms with E-state index in [1.807, 2.05) is 6.92 Å². The van der Waals surface area contributed by atoms with E-state index in [4.69, 9.17) is 0 Å². The number of aliphatic hydroxyl groups is 1. The third-order valence-electron chi connectivity index (χ3n) is 4.14. The highest BCUT2D eigenvalue weighted by molar-refractivity contribution is 7.09. The van der Waals surface area contributed by atoms with Gasteiger partial charge in [0.05, 0.1) is 16.8 Å². The molecular weight excluding hydrogens is 322 g/mol. The van der Waals surface area contributed by atoms with Gasteiger partial charge in [-0.15, -0.1) is 11.3 Å². The van der Waals surface area contributed by atoms with Crippen LogP contribution in [0.15, 0.2) is 10.4 Å². The number of aromatic nitrogens is 1. The molecule has 0 radical (unpaired) electrons. The second-order valence-electron chi connectivity index (χ2n) is 6.22. The van der Waals surface area contributed by atoms with Crippen molar-refractivity contribution in [2.24, 2.45) is 4.99 Å². The molecule has 0 spiro atoms. The summed E-state index contributed by atoms with van der Waals surface area (Å²) in [7, 11) is 0. The lowest BCUT2D eigenvalue weighted by molar-refractivity contribution is 0.0824. The van der Waals surface area contributed by atoms with Gasteiger partial charge in [-0.3, -0.25) is 4.99 Å². The normalized spacial score (nSPS) is 17.2. The van der Waals surface area contributed by atoms with Crippen molar-refractivity contribution in [3.63, 3.8) is 0 Å². The Kier molecular flexibility index (Phi) is 8.49. The van der Waals surface area contributed by atoms with Crippen molar-refractivity contribution in [3.8, 4) is 0 Å². The van der Waals surface area contributed by atoms with Crippen molar-refractivity contribution in [1.29, 1.82) is 0 Å². The first-order chi connectivity index (χ1) is 11.7. The van der Waals surface area contributed by atoms with Crippen molar-refractivity contribution in [3.05, 3.63) is 16.1 Å². The molecule has 7 heteroatoms. The quantitative estimate of drug-likeness (QED) is 0.374. The Bertz CT molecular complexity index is 497. The van der Waals surface area contributed by atoms with E-state index < -0.39 is 0 Å². The monoisotopic (exact) mass is 353 g/mol. The van der Waals surface area contributed by atoms with Gasteiger partial charge in [0.25, 0.3) is 0 Å². The molecule has 1 saturated heterocycles. The molecule has 1 aliphatic heterocycles. The minimum atomic E-state index is -0.0923. The Morgan fingerprint density at radius 1 is 1.42 bits per heavy atom. The highest BCUT2D eigenvalue weighted by Crippen LogP contribution is 2.10. The van der Waals surface area contributed by atoms with Gasteiger partial charge in [0, 0.05) is 44.5 Å². The number of aliphatic imine (C=N–C) groups is 1. The lowest BCUT2D eigenvalue weighted by Crippen LogP contribution is -2.39. The van der Waals surface area contributed by atoms with E-state index in [9.17, 15) is 5.11 Å². The summed E-state index contributed by atoms with van der Waals surface area (Å²) in [4.78, 5) is 11.6. The number of piperidine rings is 1. The number of nitrogens with zero attached hydrogens (tertiary/aromatic N) is 3. The molecule has 2 heterocycles. The molecule has 3 N–H and O–H groups in total. The fraction of sp³-hybridized carbons (Fsp3) is 0.765. The van der Waals surface area contributed by atoms with Crippen molar-refractivity contribution >= 4 is 17.3 Å². The van der Waals surface area contributed by atoms with Gasteiger partial charge in [-0.2, -0.15) is 0 Å². The predicted octanol–water partition coefficient (Wildman–Crippen LogP) is 1.40. The second-order valence-corrected chi connectivity index (χ2v) is 7.28. The van der Waals surface area contributed by atoms with Crippen LogP contribution in [-0.2, 0) is 6.42 Å². The lowest BCUT2D eigenvalue weighted by atomic mass is 10.1.